The normalized spacial score (nSPS) is 25.6. The van der Waals surface area contributed by atoms with Gasteiger partial charge in [-0.3, -0.25) is 9.80 Å². The van der Waals surface area contributed by atoms with Crippen LogP contribution in [0.15, 0.2) is 0 Å². The molecule has 1 heterocycles. The van der Waals surface area contributed by atoms with E-state index in [0.29, 0.717) is 6.54 Å². The first-order valence-electron chi connectivity index (χ1n) is 6.33. The first-order valence-corrected chi connectivity index (χ1v) is 6.33. The summed E-state index contributed by atoms with van der Waals surface area (Å²) < 4.78 is 26.4. The average Bonchev–Trinajstić information content (AvgIpc) is 2.14. The molecule has 0 aromatic carbocycles. The van der Waals surface area contributed by atoms with Crippen LogP contribution in [0.2, 0.25) is 0 Å². The Morgan fingerprint density at radius 1 is 0.941 bits per heavy atom. The van der Waals surface area contributed by atoms with Crippen molar-refractivity contribution in [3.05, 3.63) is 0 Å². The molecule has 0 saturated carbocycles. The van der Waals surface area contributed by atoms with E-state index >= 15 is 0 Å². The molecule has 1 unspecified atom stereocenters. The number of rotatable bonds is 1. The fraction of sp³-hybridized carbons (Fsp3) is 1.00. The van der Waals surface area contributed by atoms with Gasteiger partial charge in [0.2, 0.25) is 0 Å². The van der Waals surface area contributed by atoms with Gasteiger partial charge in [0.1, 0.15) is 0 Å². The standard InChI is InChI=1S/C13H26F2N2/c1-12(2,3)16-7-8-17(13(4,5)6)10(9-16)11(14)15/h10-11H,7-9H2,1-6H3. The molecule has 102 valence electrons. The van der Waals surface area contributed by atoms with Gasteiger partial charge in [-0.05, 0) is 41.5 Å². The molecule has 0 aromatic heterocycles. The van der Waals surface area contributed by atoms with Crippen LogP contribution in [-0.4, -0.2) is 53.0 Å². The van der Waals surface area contributed by atoms with Crippen LogP contribution >= 0.6 is 0 Å². The van der Waals surface area contributed by atoms with Crippen molar-refractivity contribution in [1.29, 1.82) is 0 Å². The van der Waals surface area contributed by atoms with E-state index in [4.69, 9.17) is 0 Å². The third kappa shape index (κ3) is 3.62. The summed E-state index contributed by atoms with van der Waals surface area (Å²) in [6.45, 7) is 14.3. The topological polar surface area (TPSA) is 6.48 Å². The molecular formula is C13H26F2N2. The summed E-state index contributed by atoms with van der Waals surface area (Å²) in [5.74, 6) is 0. The van der Waals surface area contributed by atoms with Crippen molar-refractivity contribution in [3.8, 4) is 0 Å². The summed E-state index contributed by atoms with van der Waals surface area (Å²) in [6.07, 6.45) is -2.28. The van der Waals surface area contributed by atoms with E-state index in [1.165, 1.54) is 0 Å². The Bertz CT molecular complexity index is 253. The number of hydrogen-bond donors (Lipinski definition) is 0. The molecule has 0 radical (unpaired) electrons. The lowest BCUT2D eigenvalue weighted by Gasteiger charge is -2.50. The molecule has 4 heteroatoms. The van der Waals surface area contributed by atoms with Crippen molar-refractivity contribution in [1.82, 2.24) is 9.80 Å². The highest BCUT2D eigenvalue weighted by molar-refractivity contribution is 4.93. The van der Waals surface area contributed by atoms with Crippen LogP contribution in [0.1, 0.15) is 41.5 Å². The minimum Gasteiger partial charge on any atom is -0.295 e. The minimum absolute atomic E-state index is 0.0306. The third-order valence-electron chi connectivity index (χ3n) is 3.52. The summed E-state index contributed by atoms with van der Waals surface area (Å²) in [5, 5.41) is 0. The number of halogens is 2. The van der Waals surface area contributed by atoms with Gasteiger partial charge in [0.15, 0.2) is 0 Å². The Balaban J connectivity index is 2.82. The Kier molecular flexibility index (Phi) is 4.20. The molecule has 1 aliphatic rings. The van der Waals surface area contributed by atoms with Crippen LogP contribution in [0, 0.1) is 0 Å². The first kappa shape index (κ1) is 14.8. The second kappa shape index (κ2) is 4.81. The van der Waals surface area contributed by atoms with Crippen molar-refractivity contribution in [2.75, 3.05) is 19.6 Å². The highest BCUT2D eigenvalue weighted by atomic mass is 19.3. The zero-order valence-electron chi connectivity index (χ0n) is 11.9. The molecule has 1 atom stereocenters. The molecule has 0 spiro atoms. The second-order valence-corrected chi connectivity index (χ2v) is 6.88. The van der Waals surface area contributed by atoms with E-state index in [1.54, 1.807) is 0 Å². The Morgan fingerprint density at radius 3 is 1.82 bits per heavy atom. The van der Waals surface area contributed by atoms with Crippen molar-refractivity contribution in [2.45, 2.75) is 65.1 Å². The second-order valence-electron chi connectivity index (χ2n) is 6.88. The summed E-state index contributed by atoms with van der Waals surface area (Å²) in [7, 11) is 0. The van der Waals surface area contributed by atoms with Gasteiger partial charge in [-0.2, -0.15) is 0 Å². The maximum atomic E-state index is 13.2. The summed E-state index contributed by atoms with van der Waals surface area (Å²) >= 11 is 0. The van der Waals surface area contributed by atoms with Gasteiger partial charge in [-0.15, -0.1) is 0 Å². The highest BCUT2D eigenvalue weighted by Gasteiger charge is 2.41. The van der Waals surface area contributed by atoms with Crippen LogP contribution in [0.25, 0.3) is 0 Å². The smallest absolute Gasteiger partial charge is 0.255 e. The van der Waals surface area contributed by atoms with E-state index in [2.05, 4.69) is 25.7 Å². The van der Waals surface area contributed by atoms with Crippen molar-refractivity contribution in [3.63, 3.8) is 0 Å². The SMILES string of the molecule is CC(C)(C)N1CCN(C(C)(C)C)C(C(F)F)C1. The molecule has 0 N–H and O–H groups in total. The van der Waals surface area contributed by atoms with E-state index in [-0.39, 0.29) is 11.1 Å². The molecule has 0 bridgehead atoms. The van der Waals surface area contributed by atoms with Gasteiger partial charge in [0, 0.05) is 30.7 Å². The number of piperazine rings is 1. The van der Waals surface area contributed by atoms with Gasteiger partial charge in [-0.1, -0.05) is 0 Å². The first-order chi connectivity index (χ1) is 7.53. The maximum Gasteiger partial charge on any atom is 0.255 e. The van der Waals surface area contributed by atoms with Gasteiger partial charge in [0.25, 0.3) is 6.43 Å². The van der Waals surface area contributed by atoms with Gasteiger partial charge >= 0.3 is 0 Å². The lowest BCUT2D eigenvalue weighted by atomic mass is 9.97. The number of alkyl halides is 2. The van der Waals surface area contributed by atoms with Crippen LogP contribution in [0.5, 0.6) is 0 Å². The molecule has 1 fully saturated rings. The monoisotopic (exact) mass is 248 g/mol. The van der Waals surface area contributed by atoms with Crippen LogP contribution in [-0.2, 0) is 0 Å². The molecule has 1 rings (SSSR count). The molecule has 17 heavy (non-hydrogen) atoms. The quantitative estimate of drug-likeness (QED) is 0.704. The fourth-order valence-electron chi connectivity index (χ4n) is 2.47. The van der Waals surface area contributed by atoms with Crippen LogP contribution < -0.4 is 0 Å². The highest BCUT2D eigenvalue weighted by Crippen LogP contribution is 2.28. The Hall–Kier alpha value is -0.220. The minimum atomic E-state index is -2.28. The van der Waals surface area contributed by atoms with Crippen LogP contribution in [0.3, 0.4) is 0 Å². The van der Waals surface area contributed by atoms with Gasteiger partial charge < -0.3 is 0 Å². The van der Waals surface area contributed by atoms with Gasteiger partial charge in [0.05, 0.1) is 6.04 Å². The largest absolute Gasteiger partial charge is 0.295 e. The summed E-state index contributed by atoms with van der Waals surface area (Å²) in [6, 6.07) is -0.650. The number of nitrogens with zero attached hydrogens (tertiary/aromatic N) is 2. The van der Waals surface area contributed by atoms with Crippen molar-refractivity contribution < 1.29 is 8.78 Å². The molecular weight excluding hydrogens is 222 g/mol. The Morgan fingerprint density at radius 2 is 1.47 bits per heavy atom. The van der Waals surface area contributed by atoms with E-state index in [1.807, 2.05) is 25.7 Å². The Labute approximate surface area is 104 Å². The molecule has 1 aliphatic heterocycles. The zero-order chi connectivity index (χ0) is 13.4. The van der Waals surface area contributed by atoms with Crippen molar-refractivity contribution in [2.24, 2.45) is 0 Å². The predicted molar refractivity (Wildman–Crippen MR) is 67.6 cm³/mol. The molecule has 2 nitrogen and oxygen atoms in total. The molecule has 1 saturated heterocycles. The zero-order valence-corrected chi connectivity index (χ0v) is 11.9. The van der Waals surface area contributed by atoms with E-state index in [0.717, 1.165) is 13.1 Å². The van der Waals surface area contributed by atoms with E-state index < -0.39 is 12.5 Å². The maximum absolute atomic E-state index is 13.2. The lowest BCUT2D eigenvalue weighted by molar-refractivity contribution is -0.0804. The fourth-order valence-corrected chi connectivity index (χ4v) is 2.47. The molecule has 0 aliphatic carbocycles. The summed E-state index contributed by atoms with van der Waals surface area (Å²) in [5.41, 5.74) is -0.220. The third-order valence-corrected chi connectivity index (χ3v) is 3.52. The van der Waals surface area contributed by atoms with Crippen LogP contribution in [0.4, 0.5) is 8.78 Å². The van der Waals surface area contributed by atoms with Crippen molar-refractivity contribution >= 4 is 0 Å². The number of hydrogen-bond acceptors (Lipinski definition) is 2. The lowest BCUT2D eigenvalue weighted by Crippen LogP contribution is -2.64. The van der Waals surface area contributed by atoms with E-state index in [9.17, 15) is 8.78 Å². The predicted octanol–water partition coefficient (Wildman–Crippen LogP) is 2.83. The summed E-state index contributed by atoms with van der Waals surface area (Å²) in [4.78, 5) is 4.10. The average molecular weight is 248 g/mol. The molecule has 0 aromatic rings. The molecule has 0 amide bonds. The van der Waals surface area contributed by atoms with Gasteiger partial charge in [-0.25, -0.2) is 8.78 Å².